The van der Waals surface area contributed by atoms with Crippen molar-refractivity contribution in [1.82, 2.24) is 0 Å². The van der Waals surface area contributed by atoms with Crippen LogP contribution in [0.15, 0.2) is 26.3 Å². The van der Waals surface area contributed by atoms with E-state index in [1.54, 1.807) is 6.92 Å². The molecule has 0 aliphatic heterocycles. The molecule has 0 radical (unpaired) electrons. The first kappa shape index (κ1) is 40.4. The van der Waals surface area contributed by atoms with Crippen molar-refractivity contribution >= 4 is 6.29 Å². The molecule has 0 atom stereocenters. The van der Waals surface area contributed by atoms with E-state index in [1.165, 1.54) is 13.2 Å². The molecular weight excluding hydrogens is 445 g/mol. The summed E-state index contributed by atoms with van der Waals surface area (Å²) in [7, 11) is 0. The largest absolute Gasteiger partial charge is 0.542 e. The van der Waals surface area contributed by atoms with Gasteiger partial charge in [-0.25, -0.2) is 5.31 Å². The van der Waals surface area contributed by atoms with E-state index in [-0.39, 0.29) is 6.67 Å². The first-order valence-electron chi connectivity index (χ1n) is 3.35. The summed E-state index contributed by atoms with van der Waals surface area (Å²) in [6.07, 6.45) is 2.15. The zero-order valence-electron chi connectivity index (χ0n) is 9.06. The van der Waals surface area contributed by atoms with Gasteiger partial charge in [-0.05, 0) is 6.42 Å². The fourth-order valence-corrected chi connectivity index (χ4v) is 0. The van der Waals surface area contributed by atoms with Crippen LogP contribution in [0.4, 0.5) is 8.92 Å². The summed E-state index contributed by atoms with van der Waals surface area (Å²) in [4.78, 5) is 8.68. The van der Waals surface area contributed by atoms with Gasteiger partial charge in [0.05, 0.1) is 6.67 Å². The molecule has 0 spiro atoms. The molecule has 2 nitrogen and oxygen atoms in total. The Morgan fingerprint density at radius 2 is 1.29 bits per heavy atom. The number of hydrogen-bond acceptors (Lipinski definition) is 2. The fraction of sp³-hybridized carbons (Fsp3) is 0.444. The topological polar surface area (TPSA) is 37.3 Å². The van der Waals surface area contributed by atoms with Crippen LogP contribution in [0.5, 0.6) is 0 Å². The Hall–Kier alpha value is -2.03. The van der Waals surface area contributed by atoms with Crippen LogP contribution in [0.2, 0.25) is 0 Å². The van der Waals surface area contributed by atoms with Gasteiger partial charge in [0.25, 0.3) is 0 Å². The van der Waals surface area contributed by atoms with Gasteiger partial charge in [0, 0.05) is 0 Å². The van der Waals surface area contributed by atoms with Crippen LogP contribution in [0.25, 0.3) is 0 Å². The Morgan fingerprint density at radius 3 is 1.29 bits per heavy atom. The van der Waals surface area contributed by atoms with E-state index >= 15 is 0 Å². The van der Waals surface area contributed by atoms with Crippen molar-refractivity contribution in [3.05, 3.63) is 26.3 Å². The zero-order chi connectivity index (χ0) is 12.1. The third kappa shape index (κ3) is 756. The Labute approximate surface area is 79.5 Å². The smallest absolute Gasteiger partial charge is 0.0891 e. The summed E-state index contributed by atoms with van der Waals surface area (Å²) in [5.41, 5.74) is 0. The second-order valence-electron chi connectivity index (χ2n) is 0.893. The summed E-state index contributed by atoms with van der Waals surface area (Å²) in [5, 5.41) is 5.50. The molecule has 0 saturated carbocycles. The molecule has 0 aromatic carbocycles. The number of carbonyl (C=O) groups excluding carboxylic acids is 1. The minimum absolute atomic E-state index is 0. The molecule has 0 unspecified atom stereocenters. The third-order valence-corrected chi connectivity index (χ3v) is 0.189. The van der Waals surface area contributed by atoms with Crippen LogP contribution < -0.4 is 0 Å². The van der Waals surface area contributed by atoms with E-state index < -0.39 is 0 Å². The van der Waals surface area contributed by atoms with Crippen molar-refractivity contribution in [2.45, 2.75) is 20.3 Å². The molecular formula is C9H19F2O2Rf-. The van der Waals surface area contributed by atoms with Crippen LogP contribution in [-0.4, -0.2) is 18.3 Å². The SMILES string of the molecule is C=C.C=C.CCCF.C[C-]=O.OF.[Rf]. The molecule has 0 aromatic rings. The molecule has 5 heteroatoms. The van der Waals surface area contributed by atoms with Crippen LogP contribution in [0, 0.1) is 0 Å². The number of hydrogen-bond donors (Lipinski definition) is 1. The molecule has 0 saturated heterocycles. The summed E-state index contributed by atoms with van der Waals surface area (Å²) in [6, 6.07) is 0. The van der Waals surface area contributed by atoms with Gasteiger partial charge in [0.2, 0.25) is 0 Å². The molecule has 0 amide bonds. The molecule has 1 N–H and O–H groups in total. The molecule has 0 aromatic heterocycles. The maximum absolute atomic E-state index is 10.7. The predicted octanol–water partition coefficient (Wildman–Crippen LogP) is 2.95. The minimum atomic E-state index is -0.181. The monoisotopic (exact) mass is 464 g/mol. The van der Waals surface area contributed by atoms with E-state index in [2.05, 4.69) is 26.3 Å². The van der Waals surface area contributed by atoms with Crippen molar-refractivity contribution in [2.24, 2.45) is 0 Å². The fourth-order valence-electron chi connectivity index (χ4n) is 0. The third-order valence-electron chi connectivity index (χ3n) is 0.189. The normalized spacial score (nSPS) is 4.07. The first-order chi connectivity index (χ1) is 6.33. The molecule has 14 heavy (non-hydrogen) atoms. The minimum Gasteiger partial charge on any atom is -0.542 e. The van der Waals surface area contributed by atoms with E-state index in [0.717, 1.165) is 0 Å². The number of alkyl halides is 1. The maximum atomic E-state index is 10.7. The Kier molecular flexibility index (Phi) is 3350. The molecule has 0 aliphatic carbocycles. The average molecular weight is 464 g/mol. The van der Waals surface area contributed by atoms with Gasteiger partial charge < -0.3 is 4.79 Å². The van der Waals surface area contributed by atoms with Gasteiger partial charge >= 0.3 is 0 Å². The Bertz CT molecular complexity index is 54.1. The number of rotatable bonds is 1. The van der Waals surface area contributed by atoms with Crippen LogP contribution in [-0.2, 0) is 4.79 Å². The van der Waals surface area contributed by atoms with Crippen LogP contribution >= 0.6 is 0 Å². The maximum Gasteiger partial charge on any atom is 0.0891 e. The molecule has 84 valence electrons. The van der Waals surface area contributed by atoms with Gasteiger partial charge in [-0.2, -0.15) is 6.92 Å². The molecule has 0 aliphatic rings. The van der Waals surface area contributed by atoms with Crippen molar-refractivity contribution in [2.75, 3.05) is 6.67 Å². The van der Waals surface area contributed by atoms with Crippen LogP contribution in [0.3, 0.4) is 0 Å². The van der Waals surface area contributed by atoms with Crippen LogP contribution in [0.1, 0.15) is 20.3 Å². The van der Waals surface area contributed by atoms with E-state index in [9.17, 15) is 4.39 Å². The van der Waals surface area contributed by atoms with Crippen molar-refractivity contribution in [1.29, 1.82) is 0 Å². The molecule has 0 fully saturated rings. The zero-order valence-corrected chi connectivity index (χ0v) is 15.5. The second-order valence-corrected chi connectivity index (χ2v) is 0.893. The molecule has 0 rings (SSSR count). The first-order valence-corrected chi connectivity index (χ1v) is 3.35. The summed E-state index contributed by atoms with van der Waals surface area (Å²) < 4.78 is 19.2. The van der Waals surface area contributed by atoms with Gasteiger partial charge in [0.15, 0.2) is 0 Å². The van der Waals surface area contributed by atoms with Crippen molar-refractivity contribution in [3.8, 4) is 0 Å². The van der Waals surface area contributed by atoms with E-state index in [0.29, 0.717) is 6.42 Å². The molecule has 0 heterocycles. The van der Waals surface area contributed by atoms with Gasteiger partial charge in [0.1, 0.15) is 0 Å². The van der Waals surface area contributed by atoms with Gasteiger partial charge in [-0.1, -0.05) is 11.4 Å². The van der Waals surface area contributed by atoms with E-state index in [1.807, 2.05) is 0 Å². The Morgan fingerprint density at radius 1 is 1.21 bits per heavy atom. The summed E-state index contributed by atoms with van der Waals surface area (Å²) in [5.74, 6) is 0. The Balaban J connectivity index is -0.0000000146. The van der Waals surface area contributed by atoms with Crippen molar-refractivity contribution in [3.63, 3.8) is 0 Å². The average Bonchev–Trinajstić information content (AvgIpc) is 2.27. The van der Waals surface area contributed by atoms with E-state index in [4.69, 9.17) is 14.6 Å². The van der Waals surface area contributed by atoms with Crippen molar-refractivity contribution < 1.29 is 19.0 Å². The van der Waals surface area contributed by atoms with Gasteiger partial charge in [-0.15, -0.1) is 26.3 Å². The quantitative estimate of drug-likeness (QED) is 0.479. The summed E-state index contributed by atoms with van der Waals surface area (Å²) >= 11 is 0. The molecule has 0 bridgehead atoms. The van der Waals surface area contributed by atoms with Gasteiger partial charge in [-0.3, -0.25) is 10.7 Å². The predicted molar refractivity (Wildman–Crippen MR) is 53.5 cm³/mol. The standard InChI is InChI=1S/C3H7F.C2H3O.2C2H4.FHO.Rf/c1-2-3-4;1-2-3;3*1-2;/h2-3H2,1H3;1H3;2*1-2H2;2H;/q;-1;;;;. The number of halogens is 2. The summed E-state index contributed by atoms with van der Waals surface area (Å²) in [6.45, 7) is 14.9. The second kappa shape index (κ2) is 1160.